The summed E-state index contributed by atoms with van der Waals surface area (Å²) >= 11 is 0. The molecule has 0 aromatic rings. The summed E-state index contributed by atoms with van der Waals surface area (Å²) < 4.78 is 69.3. The third-order valence-corrected chi connectivity index (χ3v) is 1.25. The monoisotopic (exact) mass is 177 g/mol. The Bertz CT molecular complexity index is 176. The molecule has 0 saturated heterocycles. The van der Waals surface area contributed by atoms with Crippen LogP contribution in [0, 0.1) is 0 Å². The normalized spacial score (nSPS) is 22.0. The van der Waals surface area contributed by atoms with E-state index in [0.29, 0.717) is 0 Å². The van der Waals surface area contributed by atoms with Crippen molar-refractivity contribution in [1.29, 1.82) is 0 Å². The average Bonchev–Trinajstić information content (AvgIpc) is 2.31. The van der Waals surface area contributed by atoms with Crippen LogP contribution in [0.1, 0.15) is 0 Å². The van der Waals surface area contributed by atoms with Crippen LogP contribution in [0.2, 0.25) is 0 Å². The molecule has 1 nitrogen and oxygen atoms in total. The van der Waals surface area contributed by atoms with Gasteiger partial charge >= 0.3 is 12.4 Å². The Kier molecular flexibility index (Phi) is 1.29. The molecule has 0 atom stereocenters. The molecule has 0 radical (unpaired) electrons. The lowest BCUT2D eigenvalue weighted by Gasteiger charge is -2.19. The molecule has 0 amide bonds. The smallest absolute Gasteiger partial charge is 0.264 e. The van der Waals surface area contributed by atoms with Crippen LogP contribution in [0.4, 0.5) is 26.3 Å². The van der Waals surface area contributed by atoms with Gasteiger partial charge in [-0.15, -0.1) is 0 Å². The number of alkyl halides is 6. The van der Waals surface area contributed by atoms with Crippen molar-refractivity contribution < 1.29 is 26.3 Å². The zero-order valence-electron chi connectivity index (χ0n) is 4.79. The van der Waals surface area contributed by atoms with E-state index in [0.717, 1.165) is 0 Å². The summed E-state index contributed by atoms with van der Waals surface area (Å²) in [7, 11) is 0. The summed E-state index contributed by atoms with van der Waals surface area (Å²) in [6.45, 7) is 0. The number of aliphatic imine (C=N–C) groups is 1. The Balaban J connectivity index is 2.86. The number of hydrogen-bond donors (Lipinski definition) is 0. The van der Waals surface area contributed by atoms with Crippen LogP contribution in [0.3, 0.4) is 0 Å². The van der Waals surface area contributed by atoms with E-state index < -0.39 is 17.9 Å². The predicted octanol–water partition coefficient (Wildman–Crippen LogP) is 1.93. The van der Waals surface area contributed by atoms with Crippen LogP contribution in [-0.2, 0) is 0 Å². The molecule has 0 fully saturated rings. The van der Waals surface area contributed by atoms with Gasteiger partial charge in [-0.3, -0.25) is 4.99 Å². The minimum absolute atomic E-state index is 0.146. The zero-order valence-corrected chi connectivity index (χ0v) is 4.79. The highest BCUT2D eigenvalue weighted by Crippen LogP contribution is 2.50. The molecule has 1 rings (SSSR count). The molecule has 0 aromatic carbocycles. The van der Waals surface area contributed by atoms with Gasteiger partial charge in [0, 0.05) is 6.21 Å². The largest absolute Gasteiger partial charge is 0.427 e. The van der Waals surface area contributed by atoms with Crippen LogP contribution in [0.5, 0.6) is 0 Å². The van der Waals surface area contributed by atoms with Crippen molar-refractivity contribution in [3.05, 3.63) is 0 Å². The number of rotatable bonds is 0. The van der Waals surface area contributed by atoms with Crippen molar-refractivity contribution in [2.75, 3.05) is 0 Å². The molecule has 64 valence electrons. The Morgan fingerprint density at radius 2 is 1.18 bits per heavy atom. The lowest BCUT2D eigenvalue weighted by atomic mass is 10.1. The highest BCUT2D eigenvalue weighted by atomic mass is 19.4. The SMILES string of the molecule is FC(F)(F)C1(C(F)(F)F)C=N1. The minimum Gasteiger partial charge on any atom is -0.264 e. The molecule has 0 bridgehead atoms. The van der Waals surface area contributed by atoms with E-state index in [-0.39, 0.29) is 6.21 Å². The van der Waals surface area contributed by atoms with E-state index in [1.54, 1.807) is 0 Å². The summed E-state index contributed by atoms with van der Waals surface area (Å²) in [5.41, 5.74) is -3.88. The molecule has 0 aromatic heterocycles. The maximum Gasteiger partial charge on any atom is 0.427 e. The molecular formula is C4HF6N. The number of nitrogens with zero attached hydrogens (tertiary/aromatic N) is 1. The Labute approximate surface area is 56.7 Å². The van der Waals surface area contributed by atoms with Gasteiger partial charge in [0.1, 0.15) is 0 Å². The summed E-state index contributed by atoms with van der Waals surface area (Å²) in [4.78, 5) is 2.20. The van der Waals surface area contributed by atoms with Gasteiger partial charge in [0.15, 0.2) is 0 Å². The van der Waals surface area contributed by atoms with Gasteiger partial charge in [-0.2, -0.15) is 26.3 Å². The Morgan fingerprint density at radius 3 is 1.18 bits per heavy atom. The molecule has 7 heteroatoms. The third kappa shape index (κ3) is 0.982. The lowest BCUT2D eigenvalue weighted by molar-refractivity contribution is -0.257. The molecule has 0 saturated carbocycles. The topological polar surface area (TPSA) is 12.4 Å². The van der Waals surface area contributed by atoms with Crippen LogP contribution in [-0.4, -0.2) is 24.1 Å². The van der Waals surface area contributed by atoms with E-state index in [1.807, 2.05) is 0 Å². The van der Waals surface area contributed by atoms with E-state index >= 15 is 0 Å². The quantitative estimate of drug-likeness (QED) is 0.501. The van der Waals surface area contributed by atoms with Crippen molar-refractivity contribution in [3.8, 4) is 0 Å². The highest BCUT2D eigenvalue weighted by molar-refractivity contribution is 5.87. The second-order valence-electron chi connectivity index (χ2n) is 2.02. The van der Waals surface area contributed by atoms with Gasteiger partial charge < -0.3 is 0 Å². The summed E-state index contributed by atoms with van der Waals surface area (Å²) in [6.07, 6.45) is -10.9. The van der Waals surface area contributed by atoms with Crippen LogP contribution in [0.25, 0.3) is 0 Å². The van der Waals surface area contributed by atoms with E-state index in [1.165, 1.54) is 0 Å². The van der Waals surface area contributed by atoms with Gasteiger partial charge in [0.2, 0.25) is 0 Å². The minimum atomic E-state index is -5.36. The van der Waals surface area contributed by atoms with Crippen molar-refractivity contribution in [2.24, 2.45) is 4.99 Å². The molecular weight excluding hydrogens is 176 g/mol. The first-order chi connectivity index (χ1) is 4.71. The average molecular weight is 177 g/mol. The van der Waals surface area contributed by atoms with Crippen LogP contribution >= 0.6 is 0 Å². The van der Waals surface area contributed by atoms with E-state index in [9.17, 15) is 26.3 Å². The first kappa shape index (κ1) is 8.35. The molecule has 1 aliphatic heterocycles. The molecule has 11 heavy (non-hydrogen) atoms. The lowest BCUT2D eigenvalue weighted by Crippen LogP contribution is -2.47. The zero-order chi connectivity index (χ0) is 8.91. The van der Waals surface area contributed by atoms with Gasteiger partial charge in [-0.05, 0) is 0 Å². The Morgan fingerprint density at radius 1 is 0.909 bits per heavy atom. The third-order valence-electron chi connectivity index (χ3n) is 1.25. The second kappa shape index (κ2) is 1.70. The van der Waals surface area contributed by atoms with Crippen molar-refractivity contribution in [3.63, 3.8) is 0 Å². The Hall–Kier alpha value is -0.750. The standard InChI is InChI=1S/C4HF6N/c5-3(6,7)2(1-11-2)4(8,9)10/h1H. The molecule has 1 heterocycles. The molecule has 0 spiro atoms. The predicted molar refractivity (Wildman–Crippen MR) is 23.3 cm³/mol. The molecule has 0 N–H and O–H groups in total. The van der Waals surface area contributed by atoms with Crippen molar-refractivity contribution >= 4 is 6.21 Å². The number of halogens is 6. The van der Waals surface area contributed by atoms with Gasteiger partial charge in [-0.25, -0.2) is 0 Å². The maximum absolute atomic E-state index is 11.5. The van der Waals surface area contributed by atoms with Gasteiger partial charge in [-0.1, -0.05) is 0 Å². The maximum atomic E-state index is 11.5. The van der Waals surface area contributed by atoms with Gasteiger partial charge in [0.25, 0.3) is 5.54 Å². The highest BCUT2D eigenvalue weighted by Gasteiger charge is 2.76. The van der Waals surface area contributed by atoms with Gasteiger partial charge in [0.05, 0.1) is 0 Å². The molecule has 0 aliphatic carbocycles. The first-order valence-electron chi connectivity index (χ1n) is 2.40. The van der Waals surface area contributed by atoms with Crippen molar-refractivity contribution in [1.82, 2.24) is 0 Å². The fourth-order valence-corrected chi connectivity index (χ4v) is 0.518. The van der Waals surface area contributed by atoms with Crippen LogP contribution in [0.15, 0.2) is 4.99 Å². The van der Waals surface area contributed by atoms with E-state index in [4.69, 9.17) is 0 Å². The number of hydrogen-bond acceptors (Lipinski definition) is 1. The first-order valence-corrected chi connectivity index (χ1v) is 2.40. The molecule has 1 aliphatic rings. The summed E-state index contributed by atoms with van der Waals surface area (Å²) in [5.74, 6) is 0. The fourth-order valence-electron chi connectivity index (χ4n) is 0.518. The summed E-state index contributed by atoms with van der Waals surface area (Å²) in [5, 5.41) is 0. The summed E-state index contributed by atoms with van der Waals surface area (Å²) in [6, 6.07) is 0. The van der Waals surface area contributed by atoms with Crippen LogP contribution < -0.4 is 0 Å². The second-order valence-corrected chi connectivity index (χ2v) is 2.02. The fraction of sp³-hybridized carbons (Fsp3) is 0.750. The van der Waals surface area contributed by atoms with E-state index in [2.05, 4.69) is 4.99 Å². The molecule has 0 unspecified atom stereocenters. The van der Waals surface area contributed by atoms with Crippen molar-refractivity contribution in [2.45, 2.75) is 17.9 Å².